The van der Waals surface area contributed by atoms with Crippen molar-refractivity contribution in [3.63, 3.8) is 0 Å². The minimum Gasteiger partial charge on any atom is -0.462 e. The summed E-state index contributed by atoms with van der Waals surface area (Å²) in [6.45, 7) is 5.02. The smallest absolute Gasteiger partial charge is 0.459 e. The molecule has 6 atom stereocenters. The van der Waals surface area contributed by atoms with Crippen LogP contribution < -0.4 is 20.9 Å². The van der Waals surface area contributed by atoms with Crippen LogP contribution in [0.3, 0.4) is 0 Å². The average molecular weight is 559 g/mol. The van der Waals surface area contributed by atoms with Crippen LogP contribution in [0.1, 0.15) is 40.3 Å². The van der Waals surface area contributed by atoms with Crippen molar-refractivity contribution in [2.45, 2.75) is 70.0 Å². The van der Waals surface area contributed by atoms with Gasteiger partial charge in [0.05, 0.1) is 12.7 Å². The van der Waals surface area contributed by atoms with Gasteiger partial charge in [0.25, 0.3) is 5.56 Å². The van der Waals surface area contributed by atoms with Gasteiger partial charge in [0.2, 0.25) is 5.85 Å². The predicted octanol–water partition coefficient (Wildman–Crippen LogP) is 1.37. The number of carbonyl (C=O) groups excluding carboxylic acids is 1. The normalized spacial score (nSPS) is 27.6. The summed E-state index contributed by atoms with van der Waals surface area (Å²) in [5.41, 5.74) is -4.03. The van der Waals surface area contributed by atoms with E-state index in [-0.39, 0.29) is 5.75 Å². The standard InChI is InChI=1S/C23H31FN3O10P/c1-14(2)35-18(29)15(3)26-38(33,37-16-8-6-5-7-9-16)34-13-11-23(24)19(30)22(4,32)20(36-23)27-12-10-17(28)25-21(27)31/h5-10,12,14-15,19-20,30,32H,11,13H2,1-4H3,(H,26,33)(H,25,28,31)/t15-,19-,20+,22+,23+,38-/m0/s1. The van der Waals surface area contributed by atoms with Crippen molar-refractivity contribution >= 4 is 13.7 Å². The number of hydrogen-bond donors (Lipinski definition) is 4. The molecule has 1 fully saturated rings. The molecule has 0 bridgehead atoms. The topological polar surface area (TPSA) is 178 Å². The first-order chi connectivity index (χ1) is 17.7. The van der Waals surface area contributed by atoms with E-state index in [9.17, 15) is 29.2 Å². The molecule has 0 aliphatic carbocycles. The summed E-state index contributed by atoms with van der Waals surface area (Å²) in [5.74, 6) is -3.58. The molecular formula is C23H31FN3O10P. The summed E-state index contributed by atoms with van der Waals surface area (Å²) in [6.07, 6.45) is -4.12. The molecule has 1 aliphatic heterocycles. The number of aromatic nitrogens is 2. The number of halogens is 1. The quantitative estimate of drug-likeness (QED) is 0.231. The lowest BCUT2D eigenvalue weighted by Gasteiger charge is -2.28. The van der Waals surface area contributed by atoms with Gasteiger partial charge < -0.3 is 24.2 Å². The summed E-state index contributed by atoms with van der Waals surface area (Å²) in [5, 5.41) is 23.8. The van der Waals surface area contributed by atoms with Crippen LogP contribution in [0.25, 0.3) is 0 Å². The van der Waals surface area contributed by atoms with E-state index in [4.69, 9.17) is 18.5 Å². The molecule has 15 heteroatoms. The Morgan fingerprint density at radius 1 is 1.26 bits per heavy atom. The Bertz CT molecular complexity index is 1280. The van der Waals surface area contributed by atoms with Gasteiger partial charge in [-0.1, -0.05) is 18.2 Å². The molecule has 0 radical (unpaired) electrons. The zero-order valence-electron chi connectivity index (χ0n) is 21.2. The highest BCUT2D eigenvalue weighted by atomic mass is 31.2. The van der Waals surface area contributed by atoms with Crippen LogP contribution in [-0.2, 0) is 23.4 Å². The fraction of sp³-hybridized carbons (Fsp3) is 0.522. The number of aromatic amines is 1. The number of benzene rings is 1. The van der Waals surface area contributed by atoms with Crippen LogP contribution in [0.2, 0.25) is 0 Å². The summed E-state index contributed by atoms with van der Waals surface area (Å²) in [6, 6.07) is 7.70. The fourth-order valence-electron chi connectivity index (χ4n) is 3.73. The Kier molecular flexibility index (Phi) is 8.97. The van der Waals surface area contributed by atoms with E-state index in [0.29, 0.717) is 0 Å². The number of hydrogen-bond acceptors (Lipinski definition) is 10. The van der Waals surface area contributed by atoms with Crippen LogP contribution in [0, 0.1) is 0 Å². The maximum Gasteiger partial charge on any atom is 0.459 e. The predicted molar refractivity (Wildman–Crippen MR) is 131 cm³/mol. The molecule has 0 unspecified atom stereocenters. The Morgan fingerprint density at radius 2 is 1.92 bits per heavy atom. The molecule has 2 aromatic rings. The molecule has 1 aromatic carbocycles. The number of alkyl halides is 1. The first-order valence-corrected chi connectivity index (χ1v) is 13.3. The van der Waals surface area contributed by atoms with Crippen LogP contribution >= 0.6 is 7.75 Å². The third kappa shape index (κ3) is 6.76. The second-order valence-corrected chi connectivity index (χ2v) is 10.9. The van der Waals surface area contributed by atoms with Gasteiger partial charge in [0, 0.05) is 18.7 Å². The highest BCUT2D eigenvalue weighted by Gasteiger charge is 2.62. The van der Waals surface area contributed by atoms with E-state index in [1.165, 1.54) is 19.1 Å². The van der Waals surface area contributed by atoms with Crippen molar-refractivity contribution in [2.75, 3.05) is 6.61 Å². The third-order valence-corrected chi connectivity index (χ3v) is 7.28. The molecule has 13 nitrogen and oxygen atoms in total. The van der Waals surface area contributed by atoms with E-state index in [1.54, 1.807) is 32.0 Å². The Labute approximate surface area is 217 Å². The van der Waals surface area contributed by atoms with Crippen molar-refractivity contribution in [3.8, 4) is 5.75 Å². The number of para-hydroxylation sites is 1. The van der Waals surface area contributed by atoms with E-state index in [0.717, 1.165) is 23.8 Å². The van der Waals surface area contributed by atoms with Crippen molar-refractivity contribution in [3.05, 3.63) is 63.4 Å². The number of ether oxygens (including phenoxy) is 2. The monoisotopic (exact) mass is 559 g/mol. The van der Waals surface area contributed by atoms with Crippen LogP contribution in [0.4, 0.5) is 4.39 Å². The summed E-state index contributed by atoms with van der Waals surface area (Å²) in [4.78, 5) is 37.7. The number of aliphatic hydroxyl groups excluding tert-OH is 1. The van der Waals surface area contributed by atoms with Gasteiger partial charge in [-0.15, -0.1) is 0 Å². The molecule has 3 rings (SSSR count). The maximum absolute atomic E-state index is 15.8. The lowest BCUT2D eigenvalue weighted by atomic mass is 9.94. The molecule has 2 heterocycles. The molecule has 1 saturated heterocycles. The fourth-order valence-corrected chi connectivity index (χ4v) is 5.22. The summed E-state index contributed by atoms with van der Waals surface area (Å²) >= 11 is 0. The van der Waals surface area contributed by atoms with Gasteiger partial charge in [-0.2, -0.15) is 5.09 Å². The van der Waals surface area contributed by atoms with Gasteiger partial charge in [-0.05, 0) is 39.8 Å². The molecule has 0 amide bonds. The number of carbonyl (C=O) groups is 1. The zero-order valence-corrected chi connectivity index (χ0v) is 22.1. The maximum atomic E-state index is 15.8. The number of nitrogens with zero attached hydrogens (tertiary/aromatic N) is 1. The molecular weight excluding hydrogens is 528 g/mol. The number of nitrogens with one attached hydrogen (secondary N) is 2. The van der Waals surface area contributed by atoms with E-state index >= 15 is 4.39 Å². The van der Waals surface area contributed by atoms with Gasteiger partial charge in [-0.25, -0.2) is 13.8 Å². The minimum atomic E-state index is -4.33. The second-order valence-electron chi connectivity index (χ2n) is 9.22. The number of H-pyrrole nitrogens is 1. The van der Waals surface area contributed by atoms with Crippen molar-refractivity contribution < 1.29 is 42.5 Å². The largest absolute Gasteiger partial charge is 0.462 e. The number of esters is 1. The van der Waals surface area contributed by atoms with Crippen molar-refractivity contribution in [1.29, 1.82) is 0 Å². The van der Waals surface area contributed by atoms with E-state index in [2.05, 4.69) is 5.09 Å². The summed E-state index contributed by atoms with van der Waals surface area (Å²) in [7, 11) is -4.33. The molecule has 1 aliphatic rings. The van der Waals surface area contributed by atoms with Crippen LogP contribution in [0.5, 0.6) is 5.75 Å². The number of aliphatic hydroxyl groups is 2. The van der Waals surface area contributed by atoms with Gasteiger partial charge in [-0.3, -0.25) is 23.7 Å². The third-order valence-electron chi connectivity index (χ3n) is 5.60. The highest BCUT2D eigenvalue weighted by Crippen LogP contribution is 2.49. The molecule has 210 valence electrons. The van der Waals surface area contributed by atoms with Crippen LogP contribution in [-0.4, -0.2) is 62.0 Å². The lowest BCUT2D eigenvalue weighted by Crippen LogP contribution is -2.49. The van der Waals surface area contributed by atoms with Gasteiger partial charge in [0.15, 0.2) is 6.23 Å². The Hall–Kier alpha value is -2.87. The first kappa shape index (κ1) is 29.7. The zero-order chi connectivity index (χ0) is 28.3. The van der Waals surface area contributed by atoms with Gasteiger partial charge in [0.1, 0.15) is 23.5 Å². The lowest BCUT2D eigenvalue weighted by molar-refractivity contribution is -0.194. The molecule has 1 aromatic heterocycles. The molecule has 0 saturated carbocycles. The molecule has 38 heavy (non-hydrogen) atoms. The SMILES string of the molecule is CC(C)OC(=O)[C@H](C)N[P@](=O)(OCC[C@@]1(F)O[C@@H](n2ccc(=O)[nH]c2=O)[C@](C)(O)[C@@H]1O)Oc1ccccc1. The first-order valence-electron chi connectivity index (χ1n) is 11.7. The minimum absolute atomic E-state index is 0.125. The molecule has 0 spiro atoms. The Balaban J connectivity index is 1.77. The van der Waals surface area contributed by atoms with Gasteiger partial charge >= 0.3 is 19.4 Å². The van der Waals surface area contributed by atoms with Crippen LogP contribution in [0.15, 0.2) is 52.2 Å². The van der Waals surface area contributed by atoms with E-state index < -0.39 is 73.9 Å². The van der Waals surface area contributed by atoms with Crippen molar-refractivity contribution in [1.82, 2.24) is 14.6 Å². The molecule has 4 N–H and O–H groups in total. The van der Waals surface area contributed by atoms with Crippen molar-refractivity contribution in [2.24, 2.45) is 0 Å². The number of rotatable bonds is 11. The average Bonchev–Trinajstić information content (AvgIpc) is 2.99. The Morgan fingerprint density at radius 3 is 2.53 bits per heavy atom. The second kappa shape index (κ2) is 11.5. The highest BCUT2D eigenvalue weighted by molar-refractivity contribution is 7.52. The van der Waals surface area contributed by atoms with E-state index in [1.807, 2.05) is 4.98 Å². The summed E-state index contributed by atoms with van der Waals surface area (Å²) < 4.78 is 51.2.